The highest BCUT2D eigenvalue weighted by molar-refractivity contribution is 5.98. The minimum absolute atomic E-state index is 0.0195. The van der Waals surface area contributed by atoms with Crippen molar-refractivity contribution in [1.29, 1.82) is 0 Å². The number of aromatic hydroxyl groups is 1. The Labute approximate surface area is 391 Å². The molecule has 0 aliphatic rings. The van der Waals surface area contributed by atoms with E-state index in [9.17, 15) is 7.85 Å². The highest BCUT2D eigenvalue weighted by Gasteiger charge is 2.29. The molecule has 64 heavy (non-hydrogen) atoms. The van der Waals surface area contributed by atoms with Crippen LogP contribution in [0.5, 0.6) is 5.75 Å². The van der Waals surface area contributed by atoms with Gasteiger partial charge in [-0.25, -0.2) is 4.98 Å². The van der Waals surface area contributed by atoms with E-state index in [1.54, 1.807) is 18.3 Å². The molecule has 0 spiro atoms. The van der Waals surface area contributed by atoms with Crippen LogP contribution in [0.1, 0.15) is 91.3 Å². The van der Waals surface area contributed by atoms with Crippen molar-refractivity contribution in [3.8, 4) is 78.6 Å². The molecule has 7 aromatic carbocycles. The first-order valence-electron chi connectivity index (χ1n) is 26.1. The Morgan fingerprint density at radius 1 is 0.484 bits per heavy atom. The Balaban J connectivity index is 1.28. The van der Waals surface area contributed by atoms with Crippen LogP contribution in [0.2, 0.25) is 0 Å². The second-order valence-corrected chi connectivity index (χ2v) is 19.5. The summed E-state index contributed by atoms with van der Waals surface area (Å²) in [6.45, 7) is 19.2. The molecule has 4 heteroatoms. The smallest absolute Gasteiger partial charge is 0.149 e. The quantitative estimate of drug-likeness (QED) is 0.174. The van der Waals surface area contributed by atoms with E-state index in [0.29, 0.717) is 28.2 Å². The number of para-hydroxylation sites is 2. The van der Waals surface area contributed by atoms with Crippen molar-refractivity contribution in [3.05, 3.63) is 193 Å². The lowest BCUT2D eigenvalue weighted by Crippen LogP contribution is -2.17. The van der Waals surface area contributed by atoms with Crippen LogP contribution in [0.15, 0.2) is 176 Å². The molecule has 2 aromatic heterocycles. The van der Waals surface area contributed by atoms with Crippen molar-refractivity contribution in [1.82, 2.24) is 14.5 Å². The van der Waals surface area contributed by atoms with Gasteiger partial charge in [-0.15, -0.1) is 0 Å². The minimum atomic E-state index is -0.633. The number of imidazole rings is 1. The zero-order chi connectivity index (χ0) is 52.8. The number of pyridine rings is 1. The maximum absolute atomic E-state index is 12.5. The average Bonchev–Trinajstić information content (AvgIpc) is 3.74. The first-order valence-corrected chi connectivity index (χ1v) is 21.6. The van der Waals surface area contributed by atoms with Crippen molar-refractivity contribution in [2.24, 2.45) is 0 Å². The summed E-state index contributed by atoms with van der Waals surface area (Å²) in [6, 6.07) is 33.4. The highest BCUT2D eigenvalue weighted by Crippen LogP contribution is 2.46. The largest absolute Gasteiger partial charge is 0.507 e. The van der Waals surface area contributed by atoms with Gasteiger partial charge in [-0.2, -0.15) is 0 Å². The van der Waals surface area contributed by atoms with Crippen LogP contribution in [-0.2, 0) is 16.2 Å². The third-order valence-corrected chi connectivity index (χ3v) is 11.8. The van der Waals surface area contributed by atoms with Gasteiger partial charge in [0.15, 0.2) is 0 Å². The predicted octanol–water partition coefficient (Wildman–Crippen LogP) is 16.0. The molecular formula is C60H57N3O. The molecule has 9 aromatic rings. The van der Waals surface area contributed by atoms with Gasteiger partial charge in [0, 0.05) is 28.5 Å². The van der Waals surface area contributed by atoms with E-state index in [4.69, 9.17) is 19.6 Å². The summed E-state index contributed by atoms with van der Waals surface area (Å²) in [5.41, 5.74) is 9.43. The third kappa shape index (κ3) is 8.17. The van der Waals surface area contributed by atoms with Gasteiger partial charge in [-0.3, -0.25) is 9.55 Å². The monoisotopic (exact) mass is 845 g/mol. The number of phenolic OH excluding ortho intramolecular Hbond substituents is 1. The fourth-order valence-electron chi connectivity index (χ4n) is 8.16. The van der Waals surface area contributed by atoms with Gasteiger partial charge in [-0.1, -0.05) is 189 Å². The van der Waals surface area contributed by atoms with Crippen LogP contribution in [0.3, 0.4) is 0 Å². The van der Waals surface area contributed by atoms with E-state index in [1.165, 1.54) is 0 Å². The Kier molecular flexibility index (Phi) is 8.28. The van der Waals surface area contributed by atoms with E-state index in [0.717, 1.165) is 55.7 Å². The number of hydrogen-bond donors (Lipinski definition) is 1. The molecule has 0 saturated carbocycles. The maximum atomic E-state index is 12.5. The Hall–Kier alpha value is -7.04. The third-order valence-electron chi connectivity index (χ3n) is 11.8. The van der Waals surface area contributed by atoms with Gasteiger partial charge in [0.05, 0.1) is 40.3 Å². The topological polar surface area (TPSA) is 50.9 Å². The van der Waals surface area contributed by atoms with Crippen LogP contribution in [0.4, 0.5) is 0 Å². The number of fused-ring (bicyclic) bond motifs is 1. The molecular weight excluding hydrogens is 779 g/mol. The number of hydrogen-bond acceptors (Lipinski definition) is 3. The highest BCUT2D eigenvalue weighted by atomic mass is 16.3. The van der Waals surface area contributed by atoms with E-state index < -0.39 is 65.4 Å². The zero-order valence-electron chi connectivity index (χ0n) is 46.8. The standard InChI is InChI=1S/C60H57N3O/c1-58(2,3)46-34-44(33-45(35-46)52-36-43(31-32-61-52)41-29-27-40(28-30-41)39-19-12-10-13-20-39)49-24-18-26-54-55(49)62-57(50-37-47(59(4,5)6)38-51(56(50)64)60(7,8)9)63(54)53-25-17-16-23-48(53)42-21-14-11-15-22-42/h10-38,64H,1-9H3/i10D,12D,13D,19D,20D,27D,28D,29D,30D. The molecule has 0 aliphatic heterocycles. The summed E-state index contributed by atoms with van der Waals surface area (Å²) in [5, 5.41) is 12.5. The summed E-state index contributed by atoms with van der Waals surface area (Å²) in [6.07, 6.45) is 1.56. The summed E-state index contributed by atoms with van der Waals surface area (Å²) >= 11 is 0. The summed E-state index contributed by atoms with van der Waals surface area (Å²) in [5.74, 6) is 0.753. The van der Waals surface area contributed by atoms with Gasteiger partial charge in [0.2, 0.25) is 0 Å². The van der Waals surface area contributed by atoms with Crippen LogP contribution in [0.25, 0.3) is 83.9 Å². The molecule has 0 radical (unpaired) electrons. The van der Waals surface area contributed by atoms with Crippen LogP contribution in [0, 0.1) is 0 Å². The number of rotatable bonds is 7. The second kappa shape index (κ2) is 16.3. The summed E-state index contributed by atoms with van der Waals surface area (Å²) < 4.78 is 80.2. The molecule has 0 bridgehead atoms. The molecule has 0 amide bonds. The molecule has 0 atom stereocenters. The Morgan fingerprint density at radius 3 is 1.78 bits per heavy atom. The van der Waals surface area contributed by atoms with E-state index in [2.05, 4.69) is 128 Å². The Morgan fingerprint density at radius 2 is 1.09 bits per heavy atom. The minimum Gasteiger partial charge on any atom is -0.507 e. The lowest BCUT2D eigenvalue weighted by molar-refractivity contribution is 0.446. The molecule has 318 valence electrons. The van der Waals surface area contributed by atoms with E-state index >= 15 is 0 Å². The van der Waals surface area contributed by atoms with E-state index in [1.807, 2.05) is 42.5 Å². The molecule has 0 fully saturated rings. The van der Waals surface area contributed by atoms with Crippen LogP contribution >= 0.6 is 0 Å². The van der Waals surface area contributed by atoms with Gasteiger partial charge < -0.3 is 5.11 Å². The Bertz CT molecular complexity index is 3640. The van der Waals surface area contributed by atoms with Crippen molar-refractivity contribution < 1.29 is 17.4 Å². The van der Waals surface area contributed by atoms with Gasteiger partial charge >= 0.3 is 0 Å². The molecule has 0 unspecified atom stereocenters. The normalized spacial score (nSPS) is 14.2. The lowest BCUT2D eigenvalue weighted by Gasteiger charge is -2.27. The summed E-state index contributed by atoms with van der Waals surface area (Å²) in [4.78, 5) is 10.4. The van der Waals surface area contributed by atoms with Gasteiger partial charge in [0.1, 0.15) is 11.6 Å². The van der Waals surface area contributed by atoms with Crippen molar-refractivity contribution >= 4 is 11.0 Å². The molecule has 9 rings (SSSR count). The van der Waals surface area contributed by atoms with Crippen molar-refractivity contribution in [3.63, 3.8) is 0 Å². The second-order valence-electron chi connectivity index (χ2n) is 19.5. The number of nitrogens with zero attached hydrogens (tertiary/aromatic N) is 3. The van der Waals surface area contributed by atoms with Crippen LogP contribution in [-0.4, -0.2) is 19.6 Å². The fraction of sp³-hybridized carbons (Fsp3) is 0.200. The lowest BCUT2D eigenvalue weighted by atomic mass is 9.79. The summed E-state index contributed by atoms with van der Waals surface area (Å²) in [7, 11) is 0. The zero-order valence-corrected chi connectivity index (χ0v) is 37.8. The first-order chi connectivity index (χ1) is 34.3. The number of aromatic nitrogens is 3. The molecule has 2 heterocycles. The van der Waals surface area contributed by atoms with Crippen LogP contribution < -0.4 is 0 Å². The fourth-order valence-corrected chi connectivity index (χ4v) is 8.16. The number of benzene rings is 7. The molecule has 1 N–H and O–H groups in total. The molecule has 0 aliphatic carbocycles. The SMILES string of the molecule is [2H]c1c([2H])c([2H])c(-c2c([2H])c([2H])c(-c3ccnc(-c4cc(-c5cccc6c5nc(-c5cc(C(C)(C)C)cc(C(C)(C)C)c5O)n6-c5ccccc5-c5ccccc5)cc(C(C)(C)C)c4)c3)c([2H])c2[2H])c([2H])c1[2H]. The number of phenols is 1. The van der Waals surface area contributed by atoms with Gasteiger partial charge in [0.25, 0.3) is 0 Å². The predicted molar refractivity (Wildman–Crippen MR) is 269 cm³/mol. The van der Waals surface area contributed by atoms with Crippen molar-refractivity contribution in [2.75, 3.05) is 0 Å². The average molecular weight is 845 g/mol. The molecule has 0 saturated heterocycles. The first kappa shape index (κ1) is 32.6. The van der Waals surface area contributed by atoms with E-state index in [-0.39, 0.29) is 27.7 Å². The molecule has 4 nitrogen and oxygen atoms in total. The maximum Gasteiger partial charge on any atom is 0.149 e. The van der Waals surface area contributed by atoms with Gasteiger partial charge in [-0.05, 0) is 103 Å². The van der Waals surface area contributed by atoms with Crippen molar-refractivity contribution in [2.45, 2.75) is 78.6 Å².